The molecule has 0 aliphatic carbocycles. The van der Waals surface area contributed by atoms with Crippen LogP contribution in [0, 0.1) is 0 Å². The molecule has 0 aliphatic rings. The number of benzene rings is 1. The highest BCUT2D eigenvalue weighted by molar-refractivity contribution is 9.10. The first-order valence-electron chi connectivity index (χ1n) is 6.32. The summed E-state index contributed by atoms with van der Waals surface area (Å²) in [4.78, 5) is 9.12. The first kappa shape index (κ1) is 12.4. The highest BCUT2D eigenvalue weighted by Gasteiger charge is 2.10. The number of hydrogen-bond acceptors (Lipinski definition) is 2. The van der Waals surface area contributed by atoms with E-state index >= 15 is 0 Å². The summed E-state index contributed by atoms with van der Waals surface area (Å²) in [5.74, 6) is 1.06. The van der Waals surface area contributed by atoms with E-state index in [1.54, 1.807) is 0 Å². The summed E-state index contributed by atoms with van der Waals surface area (Å²) in [5, 5.41) is 0. The molecule has 0 N–H and O–H groups in total. The number of fused-ring (bicyclic) bond motifs is 1. The van der Waals surface area contributed by atoms with Crippen LogP contribution in [0.4, 0.5) is 0 Å². The lowest BCUT2D eigenvalue weighted by molar-refractivity contribution is 0.727. The largest absolute Gasteiger partial charge is 0.313 e. The molecule has 0 amide bonds. The van der Waals surface area contributed by atoms with Crippen molar-refractivity contribution in [2.45, 2.75) is 19.9 Å². The molecule has 0 aliphatic heterocycles. The second kappa shape index (κ2) is 5.13. The smallest absolute Gasteiger partial charge is 0.159 e. The Morgan fingerprint density at radius 1 is 1.21 bits per heavy atom. The van der Waals surface area contributed by atoms with Crippen molar-refractivity contribution in [2.24, 2.45) is 0 Å². The molecule has 1 aromatic carbocycles. The Labute approximate surface area is 120 Å². The zero-order chi connectivity index (χ0) is 13.2. The summed E-state index contributed by atoms with van der Waals surface area (Å²) in [6.45, 7) is 3.01. The summed E-state index contributed by atoms with van der Waals surface area (Å²) < 4.78 is 3.28. The van der Waals surface area contributed by atoms with E-state index in [4.69, 9.17) is 4.98 Å². The number of aromatic nitrogens is 3. The highest BCUT2D eigenvalue weighted by atomic mass is 79.9. The topological polar surface area (TPSA) is 30.7 Å². The van der Waals surface area contributed by atoms with Crippen LogP contribution in [0.1, 0.15) is 18.3 Å². The van der Waals surface area contributed by atoms with E-state index in [-0.39, 0.29) is 0 Å². The van der Waals surface area contributed by atoms with Gasteiger partial charge >= 0.3 is 0 Å². The zero-order valence-corrected chi connectivity index (χ0v) is 12.3. The number of rotatable bonds is 3. The molecule has 0 unspecified atom stereocenters. The van der Waals surface area contributed by atoms with Gasteiger partial charge in [-0.25, -0.2) is 9.97 Å². The number of halogens is 1. The molecule has 2 aromatic heterocycles. The van der Waals surface area contributed by atoms with Gasteiger partial charge in [0, 0.05) is 23.6 Å². The number of pyridine rings is 1. The second-order valence-electron chi connectivity index (χ2n) is 4.43. The Morgan fingerprint density at radius 3 is 2.89 bits per heavy atom. The molecule has 0 radical (unpaired) electrons. The third-order valence-corrected chi connectivity index (χ3v) is 3.64. The van der Waals surface area contributed by atoms with Gasteiger partial charge < -0.3 is 4.57 Å². The molecule has 0 bridgehead atoms. The fourth-order valence-electron chi connectivity index (χ4n) is 2.30. The molecule has 0 saturated carbocycles. The molecular formula is C15H14BrN3. The molecule has 4 heteroatoms. The molecule has 19 heavy (non-hydrogen) atoms. The van der Waals surface area contributed by atoms with Crippen LogP contribution in [0.15, 0.2) is 47.1 Å². The minimum atomic E-state index is 0.823. The number of imidazole rings is 1. The van der Waals surface area contributed by atoms with E-state index in [2.05, 4.69) is 50.6 Å². The average molecular weight is 316 g/mol. The van der Waals surface area contributed by atoms with Crippen molar-refractivity contribution in [2.75, 3.05) is 0 Å². The van der Waals surface area contributed by atoms with Crippen LogP contribution in [-0.4, -0.2) is 14.5 Å². The van der Waals surface area contributed by atoms with Gasteiger partial charge in [-0.3, -0.25) is 0 Å². The quantitative estimate of drug-likeness (QED) is 0.736. The monoisotopic (exact) mass is 315 g/mol. The minimum absolute atomic E-state index is 0.823. The second-order valence-corrected chi connectivity index (χ2v) is 5.34. The maximum Gasteiger partial charge on any atom is 0.159 e. The van der Waals surface area contributed by atoms with Crippen LogP contribution in [0.3, 0.4) is 0 Å². The van der Waals surface area contributed by atoms with Gasteiger partial charge in [0.2, 0.25) is 0 Å². The Balaban J connectivity index is 2.05. The maximum atomic E-state index is 4.69. The van der Waals surface area contributed by atoms with Gasteiger partial charge in [-0.1, -0.05) is 28.1 Å². The van der Waals surface area contributed by atoms with Crippen LogP contribution in [0.25, 0.3) is 11.2 Å². The van der Waals surface area contributed by atoms with Crippen LogP contribution >= 0.6 is 15.9 Å². The highest BCUT2D eigenvalue weighted by Crippen LogP contribution is 2.18. The van der Waals surface area contributed by atoms with E-state index in [0.29, 0.717) is 0 Å². The van der Waals surface area contributed by atoms with E-state index in [1.807, 2.05) is 24.4 Å². The van der Waals surface area contributed by atoms with E-state index in [0.717, 1.165) is 34.4 Å². The Bertz CT molecular complexity index is 718. The van der Waals surface area contributed by atoms with E-state index < -0.39 is 0 Å². The molecule has 96 valence electrons. The molecule has 2 heterocycles. The molecular weight excluding hydrogens is 302 g/mol. The van der Waals surface area contributed by atoms with Crippen molar-refractivity contribution in [3.05, 3.63) is 58.5 Å². The maximum absolute atomic E-state index is 4.69. The fourth-order valence-corrected chi connectivity index (χ4v) is 2.75. The van der Waals surface area contributed by atoms with Gasteiger partial charge in [-0.2, -0.15) is 0 Å². The van der Waals surface area contributed by atoms with Crippen molar-refractivity contribution in [3.63, 3.8) is 0 Å². The Kier molecular flexibility index (Phi) is 3.34. The van der Waals surface area contributed by atoms with Gasteiger partial charge in [0.05, 0.1) is 0 Å². The van der Waals surface area contributed by atoms with Gasteiger partial charge in [-0.15, -0.1) is 0 Å². The summed E-state index contributed by atoms with van der Waals surface area (Å²) in [5.41, 5.74) is 3.18. The Morgan fingerprint density at radius 2 is 2.11 bits per heavy atom. The summed E-state index contributed by atoms with van der Waals surface area (Å²) in [6.07, 6.45) is 2.64. The first-order valence-corrected chi connectivity index (χ1v) is 7.12. The number of nitrogens with zero attached hydrogens (tertiary/aromatic N) is 3. The predicted octanol–water partition coefficient (Wildman–Crippen LogP) is 3.80. The van der Waals surface area contributed by atoms with Crippen molar-refractivity contribution in [1.29, 1.82) is 0 Å². The van der Waals surface area contributed by atoms with E-state index in [9.17, 15) is 0 Å². The molecule has 0 atom stereocenters. The number of aryl methyl sites for hydroxylation is 1. The van der Waals surface area contributed by atoms with Gasteiger partial charge in [0.25, 0.3) is 0 Å². The Hall–Kier alpha value is -1.68. The molecule has 3 rings (SSSR count). The summed E-state index contributed by atoms with van der Waals surface area (Å²) >= 11 is 3.51. The zero-order valence-electron chi connectivity index (χ0n) is 10.7. The lowest BCUT2D eigenvalue weighted by Gasteiger charge is -2.05. The number of hydrogen-bond donors (Lipinski definition) is 0. The van der Waals surface area contributed by atoms with Crippen LogP contribution < -0.4 is 0 Å². The van der Waals surface area contributed by atoms with Gasteiger partial charge in [0.15, 0.2) is 5.65 Å². The fraction of sp³-hybridized carbons (Fsp3) is 0.200. The first-order chi connectivity index (χ1) is 9.28. The van der Waals surface area contributed by atoms with Crippen molar-refractivity contribution in [1.82, 2.24) is 14.5 Å². The lowest BCUT2D eigenvalue weighted by Crippen LogP contribution is -2.03. The van der Waals surface area contributed by atoms with Gasteiger partial charge in [-0.05, 0) is 36.8 Å². The molecule has 0 saturated heterocycles. The van der Waals surface area contributed by atoms with Gasteiger partial charge in [0.1, 0.15) is 11.3 Å². The SMILES string of the molecule is CCn1c(Cc2cccc(Br)c2)nc2cccnc21. The molecule has 3 nitrogen and oxygen atoms in total. The third kappa shape index (κ3) is 2.40. The normalized spacial score (nSPS) is 11.1. The van der Waals surface area contributed by atoms with Crippen molar-refractivity contribution < 1.29 is 0 Å². The van der Waals surface area contributed by atoms with Crippen LogP contribution in [0.2, 0.25) is 0 Å². The molecule has 0 spiro atoms. The molecule has 0 fully saturated rings. The van der Waals surface area contributed by atoms with Crippen LogP contribution in [-0.2, 0) is 13.0 Å². The predicted molar refractivity (Wildman–Crippen MR) is 80.2 cm³/mol. The lowest BCUT2D eigenvalue weighted by atomic mass is 10.1. The van der Waals surface area contributed by atoms with E-state index in [1.165, 1.54) is 5.56 Å². The summed E-state index contributed by atoms with van der Waals surface area (Å²) in [6, 6.07) is 12.3. The van der Waals surface area contributed by atoms with Crippen molar-refractivity contribution in [3.8, 4) is 0 Å². The standard InChI is InChI=1S/C15H14BrN3/c1-2-19-14(10-11-5-3-6-12(16)9-11)18-13-7-4-8-17-15(13)19/h3-9H,2,10H2,1H3. The molecule has 3 aromatic rings. The third-order valence-electron chi connectivity index (χ3n) is 3.15. The summed E-state index contributed by atoms with van der Waals surface area (Å²) in [7, 11) is 0. The van der Waals surface area contributed by atoms with Crippen LogP contribution in [0.5, 0.6) is 0 Å². The average Bonchev–Trinajstić information content (AvgIpc) is 2.75. The minimum Gasteiger partial charge on any atom is -0.313 e. The van der Waals surface area contributed by atoms with Crippen molar-refractivity contribution >= 4 is 27.1 Å².